The third kappa shape index (κ3) is 4.33. The highest BCUT2D eigenvalue weighted by Crippen LogP contribution is 2.13. The number of halogens is 1. The van der Waals surface area contributed by atoms with Crippen LogP contribution in [0.4, 0.5) is 4.79 Å². The Labute approximate surface area is 120 Å². The summed E-state index contributed by atoms with van der Waals surface area (Å²) in [6, 6.07) is 6.72. The first-order valence-corrected chi connectivity index (χ1v) is 6.73. The summed E-state index contributed by atoms with van der Waals surface area (Å²) in [6.07, 6.45) is 2.54. The van der Waals surface area contributed by atoms with Crippen molar-refractivity contribution in [3.05, 3.63) is 34.3 Å². The number of likely N-dealkylation sites (tertiary alicyclic amines) is 1. The average molecular weight is 329 g/mol. The van der Waals surface area contributed by atoms with E-state index in [1.165, 1.54) is 0 Å². The first-order valence-electron chi connectivity index (χ1n) is 5.93. The minimum Gasteiger partial charge on any atom is -0.372 e. The molecule has 1 saturated heterocycles. The molecular formula is C13H17BrN2O3. The molecule has 0 aliphatic carbocycles. The van der Waals surface area contributed by atoms with Crippen molar-refractivity contribution >= 4 is 28.0 Å². The molecule has 6 heteroatoms. The summed E-state index contributed by atoms with van der Waals surface area (Å²) in [6.45, 7) is 1.35. The second-order valence-corrected chi connectivity index (χ2v) is 5.13. The Morgan fingerprint density at radius 1 is 1.05 bits per heavy atom. The fourth-order valence-corrected chi connectivity index (χ4v) is 2.13. The first kappa shape index (κ1) is 15.7. The van der Waals surface area contributed by atoms with Crippen LogP contribution in [0.3, 0.4) is 0 Å². The predicted molar refractivity (Wildman–Crippen MR) is 75.4 cm³/mol. The van der Waals surface area contributed by atoms with E-state index in [2.05, 4.69) is 15.9 Å². The molecule has 1 fully saturated rings. The van der Waals surface area contributed by atoms with Crippen LogP contribution in [0, 0.1) is 0 Å². The van der Waals surface area contributed by atoms with E-state index in [0.717, 1.165) is 23.7 Å². The molecule has 2 rings (SSSR count). The number of hydrogen-bond acceptors (Lipinski definition) is 4. The smallest absolute Gasteiger partial charge is 0.372 e. The minimum absolute atomic E-state index is 0. The standard InChI is InChI=1S/C13H14BrNO3.H3N/c14-11-6-4-10(5-7-11)12(16)18-13(17)15-8-2-1-3-9-15;/h4-7H,1-3,8-9H2;1H3. The molecule has 0 radical (unpaired) electrons. The van der Waals surface area contributed by atoms with Crippen molar-refractivity contribution in [2.75, 3.05) is 13.1 Å². The van der Waals surface area contributed by atoms with Crippen LogP contribution in [0.5, 0.6) is 0 Å². The van der Waals surface area contributed by atoms with Gasteiger partial charge >= 0.3 is 12.1 Å². The van der Waals surface area contributed by atoms with Gasteiger partial charge in [0.2, 0.25) is 0 Å². The lowest BCUT2D eigenvalue weighted by molar-refractivity contribution is 0.0527. The van der Waals surface area contributed by atoms with Gasteiger partial charge < -0.3 is 15.8 Å². The lowest BCUT2D eigenvalue weighted by Gasteiger charge is -2.25. The summed E-state index contributed by atoms with van der Waals surface area (Å²) < 4.78 is 5.72. The molecule has 0 atom stereocenters. The Morgan fingerprint density at radius 3 is 2.21 bits per heavy atom. The number of esters is 1. The van der Waals surface area contributed by atoms with Crippen molar-refractivity contribution < 1.29 is 14.3 Å². The third-order valence-corrected chi connectivity index (χ3v) is 3.40. The summed E-state index contributed by atoms with van der Waals surface area (Å²) >= 11 is 3.28. The van der Waals surface area contributed by atoms with E-state index in [9.17, 15) is 9.59 Å². The fraction of sp³-hybridized carbons (Fsp3) is 0.385. The maximum Gasteiger partial charge on any atom is 0.417 e. The lowest BCUT2D eigenvalue weighted by atomic mass is 10.1. The van der Waals surface area contributed by atoms with Crippen molar-refractivity contribution in [2.24, 2.45) is 0 Å². The average Bonchev–Trinajstić information content (AvgIpc) is 2.40. The summed E-state index contributed by atoms with van der Waals surface area (Å²) in [4.78, 5) is 25.0. The van der Waals surface area contributed by atoms with E-state index in [0.29, 0.717) is 18.7 Å². The second kappa shape index (κ2) is 7.25. The molecule has 1 aromatic carbocycles. The van der Waals surface area contributed by atoms with Gasteiger partial charge in [-0.25, -0.2) is 9.59 Å². The summed E-state index contributed by atoms with van der Waals surface area (Å²) in [7, 11) is 0. The zero-order valence-electron chi connectivity index (χ0n) is 10.6. The summed E-state index contributed by atoms with van der Waals surface area (Å²) in [5.74, 6) is -0.599. The minimum atomic E-state index is -0.599. The monoisotopic (exact) mass is 328 g/mol. The van der Waals surface area contributed by atoms with Gasteiger partial charge in [0, 0.05) is 17.6 Å². The maximum atomic E-state index is 11.7. The molecule has 3 N–H and O–H groups in total. The second-order valence-electron chi connectivity index (χ2n) is 4.21. The molecule has 0 aromatic heterocycles. The molecule has 1 aliphatic heterocycles. The maximum absolute atomic E-state index is 11.7. The number of carbonyl (C=O) groups is 2. The molecule has 0 bridgehead atoms. The van der Waals surface area contributed by atoms with Gasteiger partial charge in [0.15, 0.2) is 0 Å². The largest absolute Gasteiger partial charge is 0.417 e. The van der Waals surface area contributed by atoms with E-state index >= 15 is 0 Å². The summed E-state index contributed by atoms with van der Waals surface area (Å²) in [5, 5.41) is 0. The van der Waals surface area contributed by atoms with Gasteiger partial charge in [-0.1, -0.05) is 15.9 Å². The van der Waals surface area contributed by atoms with Crippen LogP contribution in [-0.2, 0) is 4.74 Å². The van der Waals surface area contributed by atoms with Crippen LogP contribution >= 0.6 is 15.9 Å². The van der Waals surface area contributed by atoms with Crippen molar-refractivity contribution in [2.45, 2.75) is 19.3 Å². The van der Waals surface area contributed by atoms with E-state index in [4.69, 9.17) is 4.74 Å². The van der Waals surface area contributed by atoms with Gasteiger partial charge in [-0.3, -0.25) is 0 Å². The van der Waals surface area contributed by atoms with Crippen LogP contribution in [0.15, 0.2) is 28.7 Å². The van der Waals surface area contributed by atoms with E-state index in [1.54, 1.807) is 29.2 Å². The zero-order chi connectivity index (χ0) is 13.0. The van der Waals surface area contributed by atoms with E-state index < -0.39 is 12.1 Å². The lowest BCUT2D eigenvalue weighted by Crippen LogP contribution is -2.37. The van der Waals surface area contributed by atoms with Crippen LogP contribution in [0.1, 0.15) is 29.6 Å². The van der Waals surface area contributed by atoms with Crippen molar-refractivity contribution in [3.63, 3.8) is 0 Å². The number of carbonyl (C=O) groups excluding carboxylic acids is 2. The van der Waals surface area contributed by atoms with Crippen LogP contribution in [-0.4, -0.2) is 30.1 Å². The molecule has 1 aromatic rings. The Kier molecular flexibility index (Phi) is 5.98. The molecular weight excluding hydrogens is 312 g/mol. The molecule has 0 unspecified atom stereocenters. The van der Waals surface area contributed by atoms with Crippen LogP contribution in [0.2, 0.25) is 0 Å². The van der Waals surface area contributed by atoms with Crippen LogP contribution in [0.25, 0.3) is 0 Å². The van der Waals surface area contributed by atoms with Gasteiger partial charge in [0.1, 0.15) is 0 Å². The van der Waals surface area contributed by atoms with Crippen LogP contribution < -0.4 is 6.15 Å². The third-order valence-electron chi connectivity index (χ3n) is 2.87. The Bertz CT molecular complexity index is 442. The van der Waals surface area contributed by atoms with Gasteiger partial charge in [0.05, 0.1) is 5.56 Å². The number of hydrogen-bond donors (Lipinski definition) is 1. The fourth-order valence-electron chi connectivity index (χ4n) is 1.87. The van der Waals surface area contributed by atoms with Gasteiger partial charge in [-0.05, 0) is 43.5 Å². The zero-order valence-corrected chi connectivity index (χ0v) is 12.2. The Hall–Kier alpha value is -1.40. The molecule has 0 spiro atoms. The van der Waals surface area contributed by atoms with Gasteiger partial charge in [0.25, 0.3) is 0 Å². The number of nitrogens with zero attached hydrogens (tertiary/aromatic N) is 1. The number of benzene rings is 1. The molecule has 19 heavy (non-hydrogen) atoms. The quantitative estimate of drug-likeness (QED) is 0.632. The highest BCUT2D eigenvalue weighted by molar-refractivity contribution is 9.10. The number of ether oxygens (including phenoxy) is 1. The Morgan fingerprint density at radius 2 is 1.63 bits per heavy atom. The molecule has 0 saturated carbocycles. The molecule has 104 valence electrons. The topological polar surface area (TPSA) is 81.6 Å². The van der Waals surface area contributed by atoms with E-state index in [-0.39, 0.29) is 6.15 Å². The predicted octanol–water partition coefficient (Wildman–Crippen LogP) is 3.37. The molecule has 1 amide bonds. The van der Waals surface area contributed by atoms with Gasteiger partial charge in [-0.15, -0.1) is 0 Å². The number of piperidine rings is 1. The van der Waals surface area contributed by atoms with Gasteiger partial charge in [-0.2, -0.15) is 0 Å². The highest BCUT2D eigenvalue weighted by atomic mass is 79.9. The SMILES string of the molecule is N.O=C(OC(=O)N1CCCCC1)c1ccc(Br)cc1. The van der Waals surface area contributed by atoms with Crippen molar-refractivity contribution in [1.29, 1.82) is 0 Å². The molecule has 1 heterocycles. The first-order chi connectivity index (χ1) is 8.66. The van der Waals surface area contributed by atoms with Crippen molar-refractivity contribution in [3.8, 4) is 0 Å². The number of amides is 1. The number of rotatable bonds is 1. The summed E-state index contributed by atoms with van der Waals surface area (Å²) in [5.41, 5.74) is 0.378. The van der Waals surface area contributed by atoms with Crippen molar-refractivity contribution in [1.82, 2.24) is 11.1 Å². The normalized spacial score (nSPS) is 14.5. The molecule has 1 aliphatic rings. The Balaban J connectivity index is 0.00000180. The molecule has 5 nitrogen and oxygen atoms in total. The van der Waals surface area contributed by atoms with E-state index in [1.807, 2.05) is 0 Å². The highest BCUT2D eigenvalue weighted by Gasteiger charge is 2.21.